The lowest BCUT2D eigenvalue weighted by molar-refractivity contribution is 0.255. The molecule has 2 aromatic carbocycles. The number of benzene rings is 2. The first-order valence-electron chi connectivity index (χ1n) is 11.7. The second-order valence-electron chi connectivity index (χ2n) is 9.12. The fourth-order valence-electron chi connectivity index (χ4n) is 4.64. The number of aromatic amines is 1. The number of pyridine rings is 2. The van der Waals surface area contributed by atoms with Crippen LogP contribution >= 0.6 is 0 Å². The maximum absolute atomic E-state index is 12.7. The van der Waals surface area contributed by atoms with Crippen molar-refractivity contribution >= 4 is 43.8 Å². The van der Waals surface area contributed by atoms with Gasteiger partial charge in [0.05, 0.1) is 11.1 Å². The number of nitrogens with zero attached hydrogens (tertiary/aromatic N) is 2. The van der Waals surface area contributed by atoms with Crippen molar-refractivity contribution in [3.8, 4) is 0 Å². The summed E-state index contributed by atoms with van der Waals surface area (Å²) in [6.07, 6.45) is 3.84. The highest BCUT2D eigenvalue weighted by Gasteiger charge is 2.19. The molecule has 0 unspecified atom stereocenters. The van der Waals surface area contributed by atoms with Crippen LogP contribution in [-0.2, 0) is 10.0 Å². The second kappa shape index (κ2) is 9.73. The Morgan fingerprint density at radius 3 is 2.47 bits per heavy atom. The molecule has 0 atom stereocenters. The van der Waals surface area contributed by atoms with Crippen LogP contribution in [0, 0.1) is 0 Å². The Hall–Kier alpha value is -3.73. The largest absolute Gasteiger partial charge is 0.339 e. The maximum Gasteiger partial charge on any atom is 0.259 e. The standard InChI is InChI=1S/C26H28N6O3S/c1-32-14-11-18(12-15-32)17-6-8-20(9-7-17)29-25-24-19(10-13-28-26(24)33)16-23(31-25)30-21-4-2-3-5-22(21)36(27,34)35/h2-10,13,16,18H,11-12,14-15H2,1H3,(H,28,33)(H2,27,34,35)(H2,29,30,31). The van der Waals surface area contributed by atoms with Gasteiger partial charge in [0.15, 0.2) is 0 Å². The van der Waals surface area contributed by atoms with E-state index in [-0.39, 0.29) is 10.5 Å². The summed E-state index contributed by atoms with van der Waals surface area (Å²) in [6, 6.07) is 18.0. The minimum absolute atomic E-state index is 0.0446. The summed E-state index contributed by atoms with van der Waals surface area (Å²) in [5.41, 5.74) is 2.12. The number of rotatable bonds is 6. The van der Waals surface area contributed by atoms with Crippen LogP contribution in [0.3, 0.4) is 0 Å². The third-order valence-corrected chi connectivity index (χ3v) is 7.54. The van der Waals surface area contributed by atoms with E-state index in [9.17, 15) is 13.2 Å². The number of hydrogen-bond acceptors (Lipinski definition) is 7. The van der Waals surface area contributed by atoms with Crippen molar-refractivity contribution in [3.05, 3.63) is 82.8 Å². The molecule has 0 bridgehead atoms. The monoisotopic (exact) mass is 504 g/mol. The fourth-order valence-corrected chi connectivity index (χ4v) is 5.34. The number of nitrogens with one attached hydrogen (secondary N) is 3. The fraction of sp³-hybridized carbons (Fsp3) is 0.231. The highest BCUT2D eigenvalue weighted by Crippen LogP contribution is 2.31. The van der Waals surface area contributed by atoms with Gasteiger partial charge in [-0.3, -0.25) is 4.79 Å². The third kappa shape index (κ3) is 5.11. The minimum atomic E-state index is -3.94. The lowest BCUT2D eigenvalue weighted by Crippen LogP contribution is -2.29. The molecule has 36 heavy (non-hydrogen) atoms. The van der Waals surface area contributed by atoms with E-state index in [0.717, 1.165) is 31.6 Å². The van der Waals surface area contributed by atoms with Gasteiger partial charge in [0, 0.05) is 11.9 Å². The first-order chi connectivity index (χ1) is 17.3. The van der Waals surface area contributed by atoms with Crippen LogP contribution in [0.5, 0.6) is 0 Å². The average molecular weight is 505 g/mol. The number of nitrogens with two attached hydrogens (primary N) is 1. The first kappa shape index (κ1) is 24.0. The van der Waals surface area contributed by atoms with E-state index in [4.69, 9.17) is 5.14 Å². The lowest BCUT2D eigenvalue weighted by atomic mass is 9.89. The van der Waals surface area contributed by atoms with Crippen molar-refractivity contribution in [1.82, 2.24) is 14.9 Å². The summed E-state index contributed by atoms with van der Waals surface area (Å²) in [5.74, 6) is 1.27. The van der Waals surface area contributed by atoms with Gasteiger partial charge in [-0.15, -0.1) is 0 Å². The molecule has 1 aliphatic heterocycles. The summed E-state index contributed by atoms with van der Waals surface area (Å²) in [4.78, 5) is 22.3. The van der Waals surface area contributed by atoms with E-state index < -0.39 is 10.0 Å². The van der Waals surface area contributed by atoms with Crippen molar-refractivity contribution in [2.45, 2.75) is 23.7 Å². The zero-order valence-corrected chi connectivity index (χ0v) is 20.7. The van der Waals surface area contributed by atoms with E-state index >= 15 is 0 Å². The smallest absolute Gasteiger partial charge is 0.259 e. The zero-order valence-electron chi connectivity index (χ0n) is 19.9. The van der Waals surface area contributed by atoms with Gasteiger partial charge in [0.25, 0.3) is 5.56 Å². The molecule has 2 aromatic heterocycles. The number of fused-ring (bicyclic) bond motifs is 1. The number of piperidine rings is 1. The third-order valence-electron chi connectivity index (χ3n) is 6.57. The molecule has 1 fully saturated rings. The molecule has 10 heteroatoms. The summed E-state index contributed by atoms with van der Waals surface area (Å²) in [6.45, 7) is 2.19. The molecule has 5 N–H and O–H groups in total. The van der Waals surface area contributed by atoms with E-state index in [1.165, 1.54) is 11.6 Å². The minimum Gasteiger partial charge on any atom is -0.339 e. The Bertz CT molecular complexity index is 1560. The van der Waals surface area contributed by atoms with E-state index in [1.807, 2.05) is 12.1 Å². The quantitative estimate of drug-likeness (QED) is 0.313. The van der Waals surface area contributed by atoms with Gasteiger partial charge in [-0.25, -0.2) is 18.5 Å². The van der Waals surface area contributed by atoms with E-state index in [1.54, 1.807) is 36.5 Å². The first-order valence-corrected chi connectivity index (χ1v) is 13.3. The van der Waals surface area contributed by atoms with Crippen LogP contribution in [0.1, 0.15) is 24.3 Å². The highest BCUT2D eigenvalue weighted by molar-refractivity contribution is 7.89. The van der Waals surface area contributed by atoms with Crippen molar-refractivity contribution in [2.24, 2.45) is 5.14 Å². The van der Waals surface area contributed by atoms with Gasteiger partial charge >= 0.3 is 0 Å². The number of sulfonamides is 1. The molecule has 0 spiro atoms. The van der Waals surface area contributed by atoms with Crippen LogP contribution in [0.4, 0.5) is 23.0 Å². The lowest BCUT2D eigenvalue weighted by Gasteiger charge is -2.29. The summed E-state index contributed by atoms with van der Waals surface area (Å²) in [5, 5.41) is 12.8. The van der Waals surface area contributed by atoms with E-state index in [0.29, 0.717) is 34.0 Å². The van der Waals surface area contributed by atoms with Crippen LogP contribution in [-0.4, -0.2) is 43.4 Å². The summed E-state index contributed by atoms with van der Waals surface area (Å²) < 4.78 is 24.0. The van der Waals surface area contributed by atoms with Gasteiger partial charge in [0.2, 0.25) is 10.0 Å². The van der Waals surface area contributed by atoms with Crippen LogP contribution in [0.2, 0.25) is 0 Å². The molecular formula is C26H28N6O3S. The van der Waals surface area contributed by atoms with Gasteiger partial charge in [0.1, 0.15) is 16.5 Å². The SMILES string of the molecule is CN1CCC(c2ccc(Nc3nc(Nc4ccccc4S(N)(=O)=O)cc4cc[nH]c(=O)c34)cc2)CC1. The Morgan fingerprint density at radius 2 is 1.75 bits per heavy atom. The Labute approximate surface area is 209 Å². The topological polar surface area (TPSA) is 133 Å². The zero-order chi connectivity index (χ0) is 25.3. The molecule has 3 heterocycles. The molecule has 4 aromatic rings. The van der Waals surface area contributed by atoms with Gasteiger partial charge in [-0.1, -0.05) is 24.3 Å². The molecule has 5 rings (SSSR count). The number of para-hydroxylation sites is 1. The van der Waals surface area contributed by atoms with Gasteiger partial charge in [-0.05, 0) is 86.2 Å². The molecule has 9 nitrogen and oxygen atoms in total. The van der Waals surface area contributed by atoms with Crippen LogP contribution < -0.4 is 21.3 Å². The number of H-pyrrole nitrogens is 1. The second-order valence-corrected chi connectivity index (χ2v) is 10.6. The average Bonchev–Trinajstić information content (AvgIpc) is 2.85. The molecule has 186 valence electrons. The number of primary sulfonamides is 1. The maximum atomic E-state index is 12.7. The number of anilines is 4. The predicted octanol–water partition coefficient (Wildman–Crippen LogP) is 3.87. The molecule has 1 aliphatic rings. The molecular weight excluding hydrogens is 476 g/mol. The van der Waals surface area contributed by atoms with Crippen molar-refractivity contribution in [3.63, 3.8) is 0 Å². The van der Waals surface area contributed by atoms with Crippen molar-refractivity contribution in [2.75, 3.05) is 30.8 Å². The number of likely N-dealkylation sites (tertiary alicyclic amines) is 1. The molecule has 0 amide bonds. The van der Waals surface area contributed by atoms with Crippen molar-refractivity contribution in [1.29, 1.82) is 0 Å². The van der Waals surface area contributed by atoms with Gasteiger partial charge in [-0.2, -0.15) is 0 Å². The molecule has 0 radical (unpaired) electrons. The predicted molar refractivity (Wildman–Crippen MR) is 143 cm³/mol. The highest BCUT2D eigenvalue weighted by atomic mass is 32.2. The normalized spacial score (nSPS) is 15.2. The number of aromatic nitrogens is 2. The number of hydrogen-bond donors (Lipinski definition) is 4. The Kier molecular flexibility index (Phi) is 6.48. The molecule has 0 saturated carbocycles. The Morgan fingerprint density at radius 1 is 1.03 bits per heavy atom. The molecule has 0 aliphatic carbocycles. The molecule has 1 saturated heterocycles. The summed E-state index contributed by atoms with van der Waals surface area (Å²) >= 11 is 0. The van der Waals surface area contributed by atoms with Crippen LogP contribution in [0.25, 0.3) is 10.8 Å². The van der Waals surface area contributed by atoms with Gasteiger partial charge < -0.3 is 20.5 Å². The van der Waals surface area contributed by atoms with E-state index in [2.05, 4.69) is 44.7 Å². The summed E-state index contributed by atoms with van der Waals surface area (Å²) in [7, 11) is -1.79. The Balaban J connectivity index is 1.48. The van der Waals surface area contributed by atoms with Crippen LogP contribution in [0.15, 0.2) is 76.6 Å². The van der Waals surface area contributed by atoms with Crippen molar-refractivity contribution < 1.29 is 8.42 Å².